The topological polar surface area (TPSA) is 67.9 Å². The van der Waals surface area contributed by atoms with Gasteiger partial charge in [0, 0.05) is 11.8 Å². The number of nitrogens with zero attached hydrogens (tertiary/aromatic N) is 3. The average Bonchev–Trinajstić information content (AvgIpc) is 3.04. The van der Waals surface area contributed by atoms with Crippen LogP contribution in [0.1, 0.15) is 11.1 Å². The van der Waals surface area contributed by atoms with Gasteiger partial charge in [-0.25, -0.2) is 4.68 Å². The predicted octanol–water partition coefficient (Wildman–Crippen LogP) is 2.89. The van der Waals surface area contributed by atoms with E-state index in [1.807, 2.05) is 36.4 Å². The van der Waals surface area contributed by atoms with Gasteiger partial charge in [-0.05, 0) is 36.4 Å². The Morgan fingerprint density at radius 2 is 1.87 bits per heavy atom. The Hall–Kier alpha value is -3.39. The lowest BCUT2D eigenvalue weighted by Crippen LogP contribution is -2.10. The van der Waals surface area contributed by atoms with Crippen LogP contribution in [-0.2, 0) is 11.2 Å². The molecular formula is C18H13N3O2. The molecule has 23 heavy (non-hydrogen) atoms. The van der Waals surface area contributed by atoms with Crippen LogP contribution in [0.25, 0.3) is 5.69 Å². The summed E-state index contributed by atoms with van der Waals surface area (Å²) in [5.41, 5.74) is 2.22. The van der Waals surface area contributed by atoms with Crippen LogP contribution >= 0.6 is 0 Å². The molecule has 0 fully saturated rings. The van der Waals surface area contributed by atoms with Gasteiger partial charge in [0.15, 0.2) is 0 Å². The number of nitriles is 1. The molecule has 3 rings (SSSR count). The number of benzene rings is 2. The van der Waals surface area contributed by atoms with Gasteiger partial charge in [0.2, 0.25) is 0 Å². The summed E-state index contributed by atoms with van der Waals surface area (Å²) in [7, 11) is 0. The van der Waals surface area contributed by atoms with Crippen LogP contribution < -0.4 is 4.74 Å². The largest absolute Gasteiger partial charge is 0.426 e. The molecule has 0 atom stereocenters. The van der Waals surface area contributed by atoms with Crippen LogP contribution in [0.3, 0.4) is 0 Å². The van der Waals surface area contributed by atoms with Gasteiger partial charge in [0.1, 0.15) is 5.75 Å². The lowest BCUT2D eigenvalue weighted by atomic mass is 10.2. The summed E-state index contributed by atoms with van der Waals surface area (Å²) in [5, 5.41) is 13.0. The molecule has 112 valence electrons. The summed E-state index contributed by atoms with van der Waals surface area (Å²) in [6, 6.07) is 18.1. The third-order valence-corrected chi connectivity index (χ3v) is 3.22. The first-order valence-electron chi connectivity index (χ1n) is 7.04. The lowest BCUT2D eigenvalue weighted by Gasteiger charge is -2.03. The highest BCUT2D eigenvalue weighted by Gasteiger charge is 2.09. The lowest BCUT2D eigenvalue weighted by molar-refractivity contribution is -0.133. The summed E-state index contributed by atoms with van der Waals surface area (Å²) in [6.45, 7) is 0. The van der Waals surface area contributed by atoms with E-state index in [1.165, 1.54) is 0 Å². The number of hydrogen-bond acceptors (Lipinski definition) is 4. The van der Waals surface area contributed by atoms with Gasteiger partial charge < -0.3 is 4.74 Å². The van der Waals surface area contributed by atoms with Crippen molar-refractivity contribution in [2.45, 2.75) is 6.42 Å². The maximum Gasteiger partial charge on any atom is 0.315 e. The Morgan fingerprint density at radius 3 is 2.57 bits per heavy atom. The molecule has 0 radical (unpaired) electrons. The summed E-state index contributed by atoms with van der Waals surface area (Å²) < 4.78 is 6.96. The molecule has 2 aromatic carbocycles. The molecule has 1 aromatic heterocycles. The number of aromatic nitrogens is 2. The van der Waals surface area contributed by atoms with E-state index in [2.05, 4.69) is 5.10 Å². The van der Waals surface area contributed by atoms with Crippen LogP contribution in [0.2, 0.25) is 0 Å². The van der Waals surface area contributed by atoms with Crippen LogP contribution in [0, 0.1) is 11.3 Å². The first-order valence-corrected chi connectivity index (χ1v) is 7.04. The van der Waals surface area contributed by atoms with Crippen molar-refractivity contribution in [2.24, 2.45) is 0 Å². The molecule has 0 N–H and O–H groups in total. The molecular weight excluding hydrogens is 290 g/mol. The van der Waals surface area contributed by atoms with Crippen LogP contribution in [0.15, 0.2) is 67.0 Å². The maximum atomic E-state index is 12.0. The fraction of sp³-hybridized carbons (Fsp3) is 0.0556. The zero-order valence-electron chi connectivity index (χ0n) is 12.2. The molecule has 0 saturated heterocycles. The zero-order valence-corrected chi connectivity index (χ0v) is 12.2. The second-order valence-corrected chi connectivity index (χ2v) is 4.92. The highest BCUT2D eigenvalue weighted by molar-refractivity contribution is 5.75. The molecule has 0 saturated carbocycles. The first-order chi connectivity index (χ1) is 11.2. The average molecular weight is 303 g/mol. The van der Waals surface area contributed by atoms with Gasteiger partial charge in [-0.1, -0.05) is 18.2 Å². The van der Waals surface area contributed by atoms with E-state index in [4.69, 9.17) is 10.00 Å². The zero-order chi connectivity index (χ0) is 16.1. The van der Waals surface area contributed by atoms with E-state index in [9.17, 15) is 4.79 Å². The Labute approximate surface area is 133 Å². The van der Waals surface area contributed by atoms with Crippen molar-refractivity contribution in [1.29, 1.82) is 5.26 Å². The molecule has 0 unspecified atom stereocenters. The Bertz CT molecular complexity index is 846. The van der Waals surface area contributed by atoms with E-state index in [1.54, 1.807) is 41.3 Å². The molecule has 1 heterocycles. The smallest absolute Gasteiger partial charge is 0.315 e. The minimum absolute atomic E-state index is 0.132. The van der Waals surface area contributed by atoms with E-state index in [-0.39, 0.29) is 12.4 Å². The summed E-state index contributed by atoms with van der Waals surface area (Å²) in [5.74, 6) is 0.0479. The Balaban J connectivity index is 1.64. The van der Waals surface area contributed by atoms with E-state index in [0.29, 0.717) is 11.3 Å². The van der Waals surface area contributed by atoms with Gasteiger partial charge in [0.25, 0.3) is 0 Å². The molecule has 0 aliphatic heterocycles. The van der Waals surface area contributed by atoms with Crippen LogP contribution in [0.4, 0.5) is 0 Å². The summed E-state index contributed by atoms with van der Waals surface area (Å²) in [4.78, 5) is 12.0. The number of hydrogen-bond donors (Lipinski definition) is 0. The molecule has 5 nitrogen and oxygen atoms in total. The Morgan fingerprint density at radius 1 is 1.13 bits per heavy atom. The predicted molar refractivity (Wildman–Crippen MR) is 84.1 cm³/mol. The quantitative estimate of drug-likeness (QED) is 0.549. The van der Waals surface area contributed by atoms with E-state index in [0.717, 1.165) is 11.3 Å². The number of ether oxygens (including phenoxy) is 1. The standard InChI is InChI=1S/C18H13N3O2/c19-11-14-6-8-17(9-7-14)23-18(22)10-15-12-20-21(13-15)16-4-2-1-3-5-16/h1-9,12-13H,10H2. The van der Waals surface area contributed by atoms with Crippen molar-refractivity contribution >= 4 is 5.97 Å². The number of carbonyl (C=O) groups is 1. The third kappa shape index (κ3) is 3.63. The number of rotatable bonds is 4. The molecule has 0 aliphatic rings. The molecule has 0 bridgehead atoms. The normalized spacial score (nSPS) is 10.0. The summed E-state index contributed by atoms with van der Waals surface area (Å²) >= 11 is 0. The summed E-state index contributed by atoms with van der Waals surface area (Å²) in [6.07, 6.45) is 3.58. The van der Waals surface area contributed by atoms with Gasteiger partial charge in [-0.15, -0.1) is 0 Å². The van der Waals surface area contributed by atoms with Gasteiger partial charge in [-0.2, -0.15) is 10.4 Å². The fourth-order valence-electron chi connectivity index (χ4n) is 2.11. The van der Waals surface area contributed by atoms with Gasteiger partial charge in [-0.3, -0.25) is 4.79 Å². The van der Waals surface area contributed by atoms with Crippen LogP contribution in [-0.4, -0.2) is 15.7 Å². The van der Waals surface area contributed by atoms with Gasteiger partial charge in [0.05, 0.1) is 29.9 Å². The molecule has 0 aliphatic carbocycles. The third-order valence-electron chi connectivity index (χ3n) is 3.22. The minimum Gasteiger partial charge on any atom is -0.426 e. The second-order valence-electron chi connectivity index (χ2n) is 4.92. The number of carbonyl (C=O) groups excluding carboxylic acids is 1. The highest BCUT2D eigenvalue weighted by Crippen LogP contribution is 2.13. The van der Waals surface area contributed by atoms with E-state index < -0.39 is 0 Å². The molecule has 0 spiro atoms. The van der Waals surface area contributed by atoms with Gasteiger partial charge >= 0.3 is 5.97 Å². The number of esters is 1. The molecule has 3 aromatic rings. The minimum atomic E-state index is -0.373. The van der Waals surface area contributed by atoms with Crippen molar-refractivity contribution in [1.82, 2.24) is 9.78 Å². The van der Waals surface area contributed by atoms with Crippen molar-refractivity contribution in [3.8, 4) is 17.5 Å². The molecule has 0 amide bonds. The molecule has 5 heteroatoms. The SMILES string of the molecule is N#Cc1ccc(OC(=O)Cc2cnn(-c3ccccc3)c2)cc1. The highest BCUT2D eigenvalue weighted by atomic mass is 16.5. The van der Waals surface area contributed by atoms with Crippen molar-refractivity contribution in [2.75, 3.05) is 0 Å². The van der Waals surface area contributed by atoms with Crippen molar-refractivity contribution < 1.29 is 9.53 Å². The van der Waals surface area contributed by atoms with Crippen LogP contribution in [0.5, 0.6) is 5.75 Å². The Kier molecular flexibility index (Phi) is 4.16. The fourth-order valence-corrected chi connectivity index (χ4v) is 2.11. The first kappa shape index (κ1) is 14.5. The van der Waals surface area contributed by atoms with E-state index >= 15 is 0 Å². The number of para-hydroxylation sites is 1. The second kappa shape index (κ2) is 6.58. The van der Waals surface area contributed by atoms with Crippen molar-refractivity contribution in [3.05, 3.63) is 78.1 Å². The van der Waals surface area contributed by atoms with Crippen molar-refractivity contribution in [3.63, 3.8) is 0 Å². The monoisotopic (exact) mass is 303 g/mol. The maximum absolute atomic E-state index is 12.0.